The van der Waals surface area contributed by atoms with Crippen LogP contribution in [0.4, 0.5) is 5.13 Å². The van der Waals surface area contributed by atoms with Gasteiger partial charge in [-0.1, -0.05) is 54.5 Å². The number of aromatic nitrogens is 2. The summed E-state index contributed by atoms with van der Waals surface area (Å²) in [6.07, 6.45) is 0.644. The van der Waals surface area contributed by atoms with Gasteiger partial charge in [-0.15, -0.1) is 11.8 Å². The Morgan fingerprint density at radius 2 is 2.03 bits per heavy atom. The van der Waals surface area contributed by atoms with Gasteiger partial charge in [-0.05, 0) is 37.6 Å². The number of hydrogen-bond acceptors (Lipinski definition) is 9. The number of nitrogens with two attached hydrogens (primary N) is 1. The average Bonchev–Trinajstić information content (AvgIpc) is 3.49. The number of thiazole rings is 1. The van der Waals surface area contributed by atoms with Crippen molar-refractivity contribution in [2.45, 2.75) is 49.7 Å². The first kappa shape index (κ1) is 29.4. The predicted molar refractivity (Wildman–Crippen MR) is 159 cm³/mol. The van der Waals surface area contributed by atoms with Crippen LogP contribution < -0.4 is 10.5 Å². The second-order valence-electron chi connectivity index (χ2n) is 9.19. The Bertz CT molecular complexity index is 1450. The lowest BCUT2D eigenvalue weighted by molar-refractivity contribution is -0.129. The summed E-state index contributed by atoms with van der Waals surface area (Å²) in [4.78, 5) is 26.2. The number of thioether (sulfide) groups is 1. The number of carboxylic acids is 1. The fraction of sp³-hybridized carbons (Fsp3) is 0.333. The van der Waals surface area contributed by atoms with Crippen LogP contribution >= 0.6 is 46.3 Å². The lowest BCUT2D eigenvalue weighted by Gasteiger charge is -2.15. The summed E-state index contributed by atoms with van der Waals surface area (Å²) in [6.45, 7) is 8.68. The Balaban J connectivity index is 1.79. The number of aliphatic carboxylic acids is 1. The molecule has 0 amide bonds. The van der Waals surface area contributed by atoms with Crippen molar-refractivity contribution in [2.75, 3.05) is 13.2 Å². The van der Waals surface area contributed by atoms with E-state index in [1.54, 1.807) is 43.0 Å². The molecule has 1 fully saturated rings. The van der Waals surface area contributed by atoms with Crippen LogP contribution in [0.25, 0.3) is 16.8 Å². The molecule has 206 valence electrons. The van der Waals surface area contributed by atoms with Crippen LogP contribution in [0.1, 0.15) is 38.4 Å². The molecule has 0 unspecified atom stereocenters. The van der Waals surface area contributed by atoms with Gasteiger partial charge in [0.15, 0.2) is 5.71 Å². The van der Waals surface area contributed by atoms with E-state index in [4.69, 9.17) is 43.4 Å². The average molecular weight is 608 g/mol. The molecule has 3 heterocycles. The number of rotatable bonds is 9. The number of halogens is 2. The molecule has 0 spiro atoms. The van der Waals surface area contributed by atoms with E-state index in [9.17, 15) is 9.90 Å². The number of aliphatic imine (C=N–C) groups is 1. The lowest BCUT2D eigenvalue weighted by atomic mass is 9.99. The lowest BCUT2D eigenvalue weighted by Crippen LogP contribution is -2.19. The molecular weight excluding hydrogens is 579 g/mol. The minimum absolute atomic E-state index is 0.113. The largest absolute Gasteiger partial charge is 0.476 e. The van der Waals surface area contributed by atoms with Crippen molar-refractivity contribution in [3.63, 3.8) is 0 Å². The first-order chi connectivity index (χ1) is 18.5. The van der Waals surface area contributed by atoms with Crippen molar-refractivity contribution in [3.8, 4) is 17.1 Å². The highest BCUT2D eigenvalue weighted by Gasteiger charge is 2.24. The maximum Gasteiger partial charge on any atom is 0.355 e. The van der Waals surface area contributed by atoms with Gasteiger partial charge in [0, 0.05) is 40.3 Å². The van der Waals surface area contributed by atoms with Gasteiger partial charge in [-0.3, -0.25) is 0 Å². The fourth-order valence-electron chi connectivity index (χ4n) is 3.94. The molecule has 12 heteroatoms. The third-order valence-electron chi connectivity index (χ3n) is 5.56. The number of carboxylic acid groups (broad SMARTS) is 1. The summed E-state index contributed by atoms with van der Waals surface area (Å²) in [6, 6.07) is 8.70. The van der Waals surface area contributed by atoms with E-state index in [0.717, 1.165) is 16.2 Å². The quantitative estimate of drug-likeness (QED) is 0.196. The van der Waals surface area contributed by atoms with Crippen LogP contribution in [0.5, 0.6) is 5.88 Å². The first-order valence-electron chi connectivity index (χ1n) is 12.2. The molecule has 0 aliphatic carbocycles. The van der Waals surface area contributed by atoms with Crippen molar-refractivity contribution in [3.05, 3.63) is 57.3 Å². The molecule has 2 aromatic heterocycles. The molecule has 1 aliphatic rings. The predicted octanol–water partition coefficient (Wildman–Crippen LogP) is 7.04. The second-order valence-corrected chi connectivity index (χ2v) is 12.8. The Hall–Kier alpha value is -2.63. The molecule has 3 aromatic rings. The summed E-state index contributed by atoms with van der Waals surface area (Å²) in [5.41, 5.74) is 9.18. The molecule has 1 aliphatic heterocycles. The minimum atomic E-state index is -1.24. The number of aryl methyl sites for hydroxylation is 1. The monoisotopic (exact) mass is 606 g/mol. The van der Waals surface area contributed by atoms with Crippen LogP contribution in [-0.4, -0.2) is 51.3 Å². The van der Waals surface area contributed by atoms with E-state index >= 15 is 0 Å². The number of benzene rings is 1. The molecule has 39 heavy (non-hydrogen) atoms. The number of ether oxygens (including phenoxy) is 2. The SMILES string of the molecule is CC(N)=C(C(=Nc1nc(-c2ccc(Cl)c(Cl)c2)c(SC(C)C)s1)C(=O)O)c1cc(C)nc(O[C@@H]2CCOC2)c1. The molecule has 0 saturated carbocycles. The molecular formula is C27H28Cl2N4O4S2. The van der Waals surface area contributed by atoms with E-state index < -0.39 is 5.97 Å². The maximum atomic E-state index is 12.5. The Morgan fingerprint density at radius 3 is 2.64 bits per heavy atom. The normalized spacial score (nSPS) is 16.5. The number of allylic oxidation sites excluding steroid dienone is 1. The Labute approximate surface area is 245 Å². The van der Waals surface area contributed by atoms with Gasteiger partial charge in [-0.2, -0.15) is 0 Å². The summed E-state index contributed by atoms with van der Waals surface area (Å²) in [5.74, 6) is -0.865. The number of pyridine rings is 1. The Kier molecular flexibility index (Phi) is 9.56. The minimum Gasteiger partial charge on any atom is -0.476 e. The van der Waals surface area contributed by atoms with E-state index in [0.29, 0.717) is 46.1 Å². The van der Waals surface area contributed by atoms with Crippen LogP contribution in [0, 0.1) is 6.92 Å². The number of carbonyl (C=O) groups is 1. The van der Waals surface area contributed by atoms with Crippen molar-refractivity contribution in [2.24, 2.45) is 10.7 Å². The topological polar surface area (TPSA) is 120 Å². The molecule has 0 bridgehead atoms. The smallest absolute Gasteiger partial charge is 0.355 e. The van der Waals surface area contributed by atoms with Gasteiger partial charge in [0.2, 0.25) is 11.0 Å². The molecule has 0 radical (unpaired) electrons. The standard InChI is InChI=1S/C27H28Cl2N4O4S2/c1-13(2)38-26-23(16-5-6-19(28)20(29)10-16)32-27(39-26)33-24(25(34)35)22(15(4)30)17-9-14(3)31-21(11-17)37-18-7-8-36-12-18/h5-6,9-11,13,18H,7-8,12,30H2,1-4H3,(H,34,35)/t18-/m1/s1. The molecule has 1 saturated heterocycles. The summed E-state index contributed by atoms with van der Waals surface area (Å²) < 4.78 is 12.3. The third-order valence-corrected chi connectivity index (χ3v) is 8.46. The van der Waals surface area contributed by atoms with E-state index in [-0.39, 0.29) is 33.5 Å². The highest BCUT2D eigenvalue weighted by atomic mass is 35.5. The van der Waals surface area contributed by atoms with Crippen molar-refractivity contribution in [1.29, 1.82) is 0 Å². The zero-order valence-corrected chi connectivity index (χ0v) is 25.0. The molecule has 8 nitrogen and oxygen atoms in total. The molecule has 3 N–H and O–H groups in total. The Morgan fingerprint density at radius 1 is 1.26 bits per heavy atom. The van der Waals surface area contributed by atoms with Gasteiger partial charge in [-0.25, -0.2) is 19.8 Å². The maximum absolute atomic E-state index is 12.5. The van der Waals surface area contributed by atoms with E-state index in [2.05, 4.69) is 23.8 Å². The summed E-state index contributed by atoms with van der Waals surface area (Å²) >= 11 is 15.3. The van der Waals surface area contributed by atoms with Gasteiger partial charge in [0.1, 0.15) is 6.10 Å². The summed E-state index contributed by atoms with van der Waals surface area (Å²) in [5, 5.41) is 11.6. The van der Waals surface area contributed by atoms with Crippen LogP contribution in [0.15, 0.2) is 45.2 Å². The van der Waals surface area contributed by atoms with Crippen LogP contribution in [0.3, 0.4) is 0 Å². The van der Waals surface area contributed by atoms with Crippen LogP contribution in [0.2, 0.25) is 10.0 Å². The number of nitrogens with zero attached hydrogens (tertiary/aromatic N) is 3. The van der Waals surface area contributed by atoms with Gasteiger partial charge in [0.05, 0.1) is 33.2 Å². The van der Waals surface area contributed by atoms with Gasteiger partial charge in [0.25, 0.3) is 0 Å². The zero-order chi connectivity index (χ0) is 28.3. The van der Waals surface area contributed by atoms with Crippen LogP contribution in [-0.2, 0) is 9.53 Å². The molecule has 4 rings (SSSR count). The molecule has 1 aromatic carbocycles. The second kappa shape index (κ2) is 12.7. The van der Waals surface area contributed by atoms with E-state index in [1.165, 1.54) is 11.3 Å². The third kappa shape index (κ3) is 7.32. The summed E-state index contributed by atoms with van der Waals surface area (Å²) in [7, 11) is 0. The van der Waals surface area contributed by atoms with E-state index in [1.807, 2.05) is 13.0 Å². The zero-order valence-electron chi connectivity index (χ0n) is 21.8. The molecule has 1 atom stereocenters. The van der Waals surface area contributed by atoms with Crippen molar-refractivity contribution in [1.82, 2.24) is 9.97 Å². The van der Waals surface area contributed by atoms with Gasteiger partial charge >= 0.3 is 5.97 Å². The van der Waals surface area contributed by atoms with Gasteiger partial charge < -0.3 is 20.3 Å². The van der Waals surface area contributed by atoms with Crippen molar-refractivity contribution < 1.29 is 19.4 Å². The fourth-order valence-corrected chi connectivity index (χ4v) is 6.63. The highest BCUT2D eigenvalue weighted by Crippen LogP contribution is 2.43. The first-order valence-corrected chi connectivity index (χ1v) is 14.6. The highest BCUT2D eigenvalue weighted by molar-refractivity contribution is 8.01. The number of hydrogen-bond donors (Lipinski definition) is 2. The van der Waals surface area contributed by atoms with Crippen molar-refractivity contribution >= 4 is 68.7 Å².